The minimum Gasteiger partial charge on any atom is -0.480 e. The van der Waals surface area contributed by atoms with Crippen molar-refractivity contribution in [3.05, 3.63) is 59.7 Å². The zero-order valence-electron chi connectivity index (χ0n) is 10.7. The standard InChI is InChI=1S/C15H13FN2O/c1-15(2,12-5-7-18-8-6-12)19-14-4-3-11(10-17)9-13(14)16/h3-9H,1-2H3. The van der Waals surface area contributed by atoms with E-state index in [4.69, 9.17) is 10.00 Å². The van der Waals surface area contributed by atoms with E-state index < -0.39 is 11.4 Å². The van der Waals surface area contributed by atoms with Gasteiger partial charge in [-0.3, -0.25) is 4.98 Å². The van der Waals surface area contributed by atoms with Gasteiger partial charge in [0, 0.05) is 12.4 Å². The highest BCUT2D eigenvalue weighted by Crippen LogP contribution is 2.29. The molecule has 0 radical (unpaired) electrons. The molecule has 19 heavy (non-hydrogen) atoms. The smallest absolute Gasteiger partial charge is 0.166 e. The lowest BCUT2D eigenvalue weighted by molar-refractivity contribution is 0.102. The normalized spacial score (nSPS) is 10.8. The van der Waals surface area contributed by atoms with E-state index in [0.717, 1.165) is 11.6 Å². The molecule has 0 saturated heterocycles. The van der Waals surface area contributed by atoms with E-state index in [1.54, 1.807) is 12.4 Å². The number of hydrogen-bond acceptors (Lipinski definition) is 3. The van der Waals surface area contributed by atoms with Crippen LogP contribution in [0.5, 0.6) is 5.75 Å². The van der Waals surface area contributed by atoms with Crippen LogP contribution in [0.1, 0.15) is 25.0 Å². The number of hydrogen-bond donors (Lipinski definition) is 0. The average Bonchev–Trinajstić information content (AvgIpc) is 2.42. The predicted octanol–water partition coefficient (Wildman–Crippen LogP) is 3.41. The molecule has 0 bridgehead atoms. The Bertz CT molecular complexity index is 618. The van der Waals surface area contributed by atoms with E-state index in [1.165, 1.54) is 12.1 Å². The maximum Gasteiger partial charge on any atom is 0.166 e. The summed E-state index contributed by atoms with van der Waals surface area (Å²) in [6.07, 6.45) is 3.32. The number of nitrogens with zero attached hydrogens (tertiary/aromatic N) is 2. The van der Waals surface area contributed by atoms with E-state index in [1.807, 2.05) is 32.0 Å². The van der Waals surface area contributed by atoms with Gasteiger partial charge < -0.3 is 4.74 Å². The highest BCUT2D eigenvalue weighted by atomic mass is 19.1. The van der Waals surface area contributed by atoms with E-state index in [2.05, 4.69) is 4.98 Å². The monoisotopic (exact) mass is 256 g/mol. The molecule has 0 aliphatic rings. The van der Waals surface area contributed by atoms with Crippen LogP contribution in [0.4, 0.5) is 4.39 Å². The number of nitriles is 1. The third-order valence-corrected chi connectivity index (χ3v) is 2.80. The largest absolute Gasteiger partial charge is 0.480 e. The van der Waals surface area contributed by atoms with E-state index in [0.29, 0.717) is 0 Å². The van der Waals surface area contributed by atoms with Crippen LogP contribution >= 0.6 is 0 Å². The van der Waals surface area contributed by atoms with Crippen molar-refractivity contribution in [3.63, 3.8) is 0 Å². The molecular weight excluding hydrogens is 243 g/mol. The van der Waals surface area contributed by atoms with Crippen LogP contribution in [-0.2, 0) is 5.60 Å². The SMILES string of the molecule is CC(C)(Oc1ccc(C#N)cc1F)c1ccncc1. The van der Waals surface area contributed by atoms with Gasteiger partial charge in [0.2, 0.25) is 0 Å². The maximum atomic E-state index is 13.8. The molecule has 1 heterocycles. The quantitative estimate of drug-likeness (QED) is 0.845. The fraction of sp³-hybridized carbons (Fsp3) is 0.200. The minimum absolute atomic E-state index is 0.126. The summed E-state index contributed by atoms with van der Waals surface area (Å²) in [5.74, 6) is -0.415. The van der Waals surface area contributed by atoms with E-state index >= 15 is 0 Å². The Morgan fingerprint density at radius 2 is 1.89 bits per heavy atom. The van der Waals surface area contributed by atoms with Crippen LogP contribution in [0.25, 0.3) is 0 Å². The van der Waals surface area contributed by atoms with Crippen molar-refractivity contribution in [3.8, 4) is 11.8 Å². The van der Waals surface area contributed by atoms with Crippen LogP contribution in [0, 0.1) is 17.1 Å². The molecule has 96 valence electrons. The van der Waals surface area contributed by atoms with Crippen molar-refractivity contribution < 1.29 is 9.13 Å². The summed E-state index contributed by atoms with van der Waals surface area (Å²) >= 11 is 0. The topological polar surface area (TPSA) is 45.9 Å². The highest BCUT2D eigenvalue weighted by molar-refractivity contribution is 5.36. The molecule has 3 nitrogen and oxygen atoms in total. The number of benzene rings is 1. The molecule has 0 N–H and O–H groups in total. The molecule has 2 rings (SSSR count). The van der Waals surface area contributed by atoms with Crippen LogP contribution in [0.15, 0.2) is 42.7 Å². The van der Waals surface area contributed by atoms with Crippen molar-refractivity contribution in [1.29, 1.82) is 5.26 Å². The summed E-state index contributed by atoms with van der Waals surface area (Å²) < 4.78 is 19.5. The Labute approximate surface area is 111 Å². The first kappa shape index (κ1) is 13.0. The van der Waals surface area contributed by atoms with E-state index in [9.17, 15) is 4.39 Å². The first-order chi connectivity index (χ1) is 9.03. The predicted molar refractivity (Wildman–Crippen MR) is 69.0 cm³/mol. The van der Waals surface area contributed by atoms with Crippen LogP contribution < -0.4 is 4.74 Å². The Morgan fingerprint density at radius 3 is 2.47 bits per heavy atom. The molecule has 0 saturated carbocycles. The van der Waals surface area contributed by atoms with Crippen molar-refractivity contribution in [2.24, 2.45) is 0 Å². The number of ether oxygens (including phenoxy) is 1. The van der Waals surface area contributed by atoms with Gasteiger partial charge in [0.15, 0.2) is 11.6 Å². The summed E-state index contributed by atoms with van der Waals surface area (Å²) in [5.41, 5.74) is 0.482. The number of pyridine rings is 1. The molecule has 0 unspecified atom stereocenters. The second-order valence-electron chi connectivity index (χ2n) is 4.61. The van der Waals surface area contributed by atoms with Gasteiger partial charge in [-0.05, 0) is 49.7 Å². The lowest BCUT2D eigenvalue weighted by Crippen LogP contribution is -2.25. The molecule has 0 fully saturated rings. The summed E-state index contributed by atoms with van der Waals surface area (Å²) in [5, 5.41) is 8.70. The Morgan fingerprint density at radius 1 is 1.21 bits per heavy atom. The molecule has 4 heteroatoms. The van der Waals surface area contributed by atoms with E-state index in [-0.39, 0.29) is 11.3 Å². The van der Waals surface area contributed by atoms with Gasteiger partial charge in [0.05, 0.1) is 11.6 Å². The van der Waals surface area contributed by atoms with Gasteiger partial charge in [0.1, 0.15) is 5.60 Å². The molecule has 1 aromatic heterocycles. The lowest BCUT2D eigenvalue weighted by atomic mass is 9.99. The zero-order valence-corrected chi connectivity index (χ0v) is 10.7. The molecule has 0 spiro atoms. The number of rotatable bonds is 3. The van der Waals surface area contributed by atoms with Gasteiger partial charge >= 0.3 is 0 Å². The first-order valence-corrected chi connectivity index (χ1v) is 5.82. The first-order valence-electron chi connectivity index (χ1n) is 5.82. The Hall–Kier alpha value is -2.41. The average molecular weight is 256 g/mol. The summed E-state index contributed by atoms with van der Waals surface area (Å²) in [6, 6.07) is 9.69. The van der Waals surface area contributed by atoms with Crippen molar-refractivity contribution in [1.82, 2.24) is 4.98 Å². The van der Waals surface area contributed by atoms with Crippen molar-refractivity contribution >= 4 is 0 Å². The maximum absolute atomic E-state index is 13.8. The minimum atomic E-state index is -0.683. The second-order valence-corrected chi connectivity index (χ2v) is 4.61. The van der Waals surface area contributed by atoms with Gasteiger partial charge in [-0.2, -0.15) is 5.26 Å². The van der Waals surface area contributed by atoms with Crippen molar-refractivity contribution in [2.45, 2.75) is 19.4 Å². The molecular formula is C15H13FN2O. The molecule has 1 aromatic carbocycles. The van der Waals surface area contributed by atoms with Crippen LogP contribution in [0.3, 0.4) is 0 Å². The Balaban J connectivity index is 2.28. The summed E-state index contributed by atoms with van der Waals surface area (Å²) in [4.78, 5) is 3.94. The molecule has 0 amide bonds. The van der Waals surface area contributed by atoms with Gasteiger partial charge in [-0.25, -0.2) is 4.39 Å². The summed E-state index contributed by atoms with van der Waals surface area (Å²) in [7, 11) is 0. The third-order valence-electron chi connectivity index (χ3n) is 2.80. The molecule has 0 aliphatic heterocycles. The third kappa shape index (κ3) is 2.89. The van der Waals surface area contributed by atoms with Gasteiger partial charge in [-0.1, -0.05) is 0 Å². The molecule has 2 aromatic rings. The number of aromatic nitrogens is 1. The molecule has 0 aliphatic carbocycles. The lowest BCUT2D eigenvalue weighted by Gasteiger charge is -2.27. The number of halogens is 1. The zero-order chi connectivity index (χ0) is 13.9. The van der Waals surface area contributed by atoms with Gasteiger partial charge in [-0.15, -0.1) is 0 Å². The summed E-state index contributed by atoms with van der Waals surface area (Å²) in [6.45, 7) is 3.69. The van der Waals surface area contributed by atoms with Gasteiger partial charge in [0.25, 0.3) is 0 Å². The van der Waals surface area contributed by atoms with Crippen LogP contribution in [0.2, 0.25) is 0 Å². The fourth-order valence-corrected chi connectivity index (χ4v) is 1.74. The molecule has 0 atom stereocenters. The Kier molecular flexibility index (Phi) is 3.48. The fourth-order valence-electron chi connectivity index (χ4n) is 1.74. The second kappa shape index (κ2) is 5.07. The van der Waals surface area contributed by atoms with Crippen molar-refractivity contribution in [2.75, 3.05) is 0 Å². The highest BCUT2D eigenvalue weighted by Gasteiger charge is 2.24. The van der Waals surface area contributed by atoms with Crippen LogP contribution in [-0.4, -0.2) is 4.98 Å².